The number of rotatable bonds is 7. The fraction of sp³-hybridized carbons (Fsp3) is 0.0870. The Hall–Kier alpha value is -3.93. The minimum absolute atomic E-state index is 0.104. The molecule has 0 radical (unpaired) electrons. The predicted octanol–water partition coefficient (Wildman–Crippen LogP) is 4.10. The second-order valence-electron chi connectivity index (χ2n) is 6.34. The van der Waals surface area contributed by atoms with Crippen molar-refractivity contribution in [2.24, 2.45) is 0 Å². The third-order valence-electron chi connectivity index (χ3n) is 4.27. The summed E-state index contributed by atoms with van der Waals surface area (Å²) in [6.45, 7) is 0.350. The normalized spacial score (nSPS) is 10.5. The van der Waals surface area contributed by atoms with Gasteiger partial charge in [-0.1, -0.05) is 65.8 Å². The molecule has 0 saturated carbocycles. The van der Waals surface area contributed by atoms with Crippen LogP contribution in [-0.4, -0.2) is 22.7 Å². The smallest absolute Gasteiger partial charge is 0.258 e. The van der Waals surface area contributed by atoms with E-state index in [-0.39, 0.29) is 12.5 Å². The first-order valence-corrected chi connectivity index (χ1v) is 9.21. The first-order valence-electron chi connectivity index (χ1n) is 9.21. The Morgan fingerprint density at radius 1 is 0.897 bits per heavy atom. The number of nitrogens with zero attached hydrogens (tertiary/aromatic N) is 2. The molecule has 6 heteroatoms. The molecule has 3 aromatic carbocycles. The standard InChI is InChI=1S/C23H19N3O3/c27-21(24-15-17-9-3-1-4-10-17)16-28-20-14-8-7-13-19(20)22-25-23(29-26-22)18-11-5-2-6-12-18/h1-14H,15-16H2,(H,24,27). The first-order chi connectivity index (χ1) is 14.3. The third-order valence-corrected chi connectivity index (χ3v) is 4.27. The van der Waals surface area contributed by atoms with Crippen molar-refractivity contribution in [2.45, 2.75) is 6.54 Å². The largest absolute Gasteiger partial charge is 0.483 e. The van der Waals surface area contributed by atoms with Gasteiger partial charge in [0.1, 0.15) is 5.75 Å². The molecular formula is C23H19N3O3. The molecule has 4 rings (SSSR count). The van der Waals surface area contributed by atoms with Gasteiger partial charge in [0.15, 0.2) is 6.61 Å². The lowest BCUT2D eigenvalue weighted by Crippen LogP contribution is -2.28. The number of hydrogen-bond acceptors (Lipinski definition) is 5. The fourth-order valence-corrected chi connectivity index (χ4v) is 2.80. The third kappa shape index (κ3) is 4.68. The van der Waals surface area contributed by atoms with Crippen LogP contribution in [0.25, 0.3) is 22.8 Å². The molecule has 4 aromatic rings. The maximum absolute atomic E-state index is 12.1. The van der Waals surface area contributed by atoms with Crippen molar-refractivity contribution in [1.29, 1.82) is 0 Å². The molecule has 1 amide bonds. The molecule has 0 aliphatic heterocycles. The van der Waals surface area contributed by atoms with Gasteiger partial charge in [0.05, 0.1) is 5.56 Å². The molecule has 6 nitrogen and oxygen atoms in total. The summed E-state index contributed by atoms with van der Waals surface area (Å²) in [5, 5.41) is 6.90. The molecule has 144 valence electrons. The number of para-hydroxylation sites is 1. The molecule has 0 aliphatic rings. The number of amides is 1. The Morgan fingerprint density at radius 2 is 1.59 bits per heavy atom. The van der Waals surface area contributed by atoms with Crippen molar-refractivity contribution in [3.05, 3.63) is 90.5 Å². The number of carbonyl (C=O) groups is 1. The quantitative estimate of drug-likeness (QED) is 0.518. The number of benzene rings is 3. The molecular weight excluding hydrogens is 366 g/mol. The van der Waals surface area contributed by atoms with Crippen LogP contribution in [0.3, 0.4) is 0 Å². The minimum atomic E-state index is -0.207. The monoisotopic (exact) mass is 385 g/mol. The van der Waals surface area contributed by atoms with Crippen LogP contribution in [0.1, 0.15) is 5.56 Å². The Bertz CT molecular complexity index is 1080. The number of ether oxygens (including phenoxy) is 1. The van der Waals surface area contributed by atoms with Gasteiger partial charge in [0.25, 0.3) is 11.8 Å². The highest BCUT2D eigenvalue weighted by atomic mass is 16.5. The van der Waals surface area contributed by atoms with Gasteiger partial charge in [-0.3, -0.25) is 4.79 Å². The average molecular weight is 385 g/mol. The molecule has 0 spiro atoms. The topological polar surface area (TPSA) is 77.2 Å². The molecule has 29 heavy (non-hydrogen) atoms. The van der Waals surface area contributed by atoms with Crippen molar-refractivity contribution >= 4 is 5.91 Å². The Kier molecular flexibility index (Phi) is 5.62. The molecule has 1 aromatic heterocycles. The summed E-state index contributed by atoms with van der Waals surface area (Å²) in [6.07, 6.45) is 0. The SMILES string of the molecule is O=C(COc1ccccc1-c1noc(-c2ccccc2)n1)NCc1ccccc1. The molecule has 0 saturated heterocycles. The summed E-state index contributed by atoms with van der Waals surface area (Å²) < 4.78 is 11.1. The zero-order valence-electron chi connectivity index (χ0n) is 15.6. The number of hydrogen-bond donors (Lipinski definition) is 1. The second kappa shape index (κ2) is 8.84. The van der Waals surface area contributed by atoms with Crippen LogP contribution in [0.15, 0.2) is 89.5 Å². The maximum atomic E-state index is 12.1. The lowest BCUT2D eigenvalue weighted by molar-refractivity contribution is -0.123. The van der Waals surface area contributed by atoms with Crippen LogP contribution in [0.4, 0.5) is 0 Å². The van der Waals surface area contributed by atoms with E-state index in [1.165, 1.54) is 0 Å². The van der Waals surface area contributed by atoms with Gasteiger partial charge in [0, 0.05) is 12.1 Å². The molecule has 0 unspecified atom stereocenters. The summed E-state index contributed by atoms with van der Waals surface area (Å²) in [6, 6.07) is 26.5. The maximum Gasteiger partial charge on any atom is 0.258 e. The van der Waals surface area contributed by atoms with E-state index >= 15 is 0 Å². The van der Waals surface area contributed by atoms with Crippen molar-refractivity contribution in [1.82, 2.24) is 15.5 Å². The van der Waals surface area contributed by atoms with Crippen LogP contribution in [0.5, 0.6) is 5.75 Å². The van der Waals surface area contributed by atoms with E-state index in [0.29, 0.717) is 29.6 Å². The van der Waals surface area contributed by atoms with Crippen LogP contribution >= 0.6 is 0 Å². The van der Waals surface area contributed by atoms with Crippen LogP contribution in [0.2, 0.25) is 0 Å². The zero-order chi connectivity index (χ0) is 19.9. The van der Waals surface area contributed by atoms with Gasteiger partial charge in [-0.05, 0) is 29.8 Å². The van der Waals surface area contributed by atoms with Gasteiger partial charge in [-0.25, -0.2) is 0 Å². The fourth-order valence-electron chi connectivity index (χ4n) is 2.80. The zero-order valence-corrected chi connectivity index (χ0v) is 15.6. The molecule has 0 aliphatic carbocycles. The van der Waals surface area contributed by atoms with E-state index in [4.69, 9.17) is 9.26 Å². The number of aromatic nitrogens is 2. The molecule has 0 atom stereocenters. The van der Waals surface area contributed by atoms with Crippen LogP contribution in [-0.2, 0) is 11.3 Å². The highest BCUT2D eigenvalue weighted by Gasteiger charge is 2.15. The summed E-state index contributed by atoms with van der Waals surface area (Å²) in [5.41, 5.74) is 2.53. The van der Waals surface area contributed by atoms with Gasteiger partial charge in [-0.15, -0.1) is 0 Å². The average Bonchev–Trinajstić information content (AvgIpc) is 3.28. The van der Waals surface area contributed by atoms with E-state index < -0.39 is 0 Å². The molecule has 1 N–H and O–H groups in total. The molecule has 0 fully saturated rings. The Morgan fingerprint density at radius 3 is 2.38 bits per heavy atom. The van der Waals surface area contributed by atoms with Crippen molar-refractivity contribution in [3.63, 3.8) is 0 Å². The van der Waals surface area contributed by atoms with Gasteiger partial charge >= 0.3 is 0 Å². The number of nitrogens with one attached hydrogen (secondary N) is 1. The number of carbonyl (C=O) groups excluding carboxylic acids is 1. The predicted molar refractivity (Wildman–Crippen MR) is 109 cm³/mol. The lowest BCUT2D eigenvalue weighted by Gasteiger charge is -2.10. The Balaban J connectivity index is 1.42. The van der Waals surface area contributed by atoms with Gasteiger partial charge in [0.2, 0.25) is 5.82 Å². The van der Waals surface area contributed by atoms with Gasteiger partial charge in [-0.2, -0.15) is 4.98 Å². The summed E-state index contributed by atoms with van der Waals surface area (Å²) in [7, 11) is 0. The van der Waals surface area contributed by atoms with E-state index in [2.05, 4.69) is 15.5 Å². The van der Waals surface area contributed by atoms with Crippen LogP contribution < -0.4 is 10.1 Å². The van der Waals surface area contributed by atoms with Gasteiger partial charge < -0.3 is 14.6 Å². The summed E-state index contributed by atoms with van der Waals surface area (Å²) in [5.74, 6) is 1.14. The van der Waals surface area contributed by atoms with Crippen molar-refractivity contribution in [2.75, 3.05) is 6.61 Å². The lowest BCUT2D eigenvalue weighted by atomic mass is 10.2. The highest BCUT2D eigenvalue weighted by molar-refractivity contribution is 5.78. The first kappa shape index (κ1) is 18.4. The van der Waals surface area contributed by atoms with E-state index in [0.717, 1.165) is 11.1 Å². The molecule has 1 heterocycles. The summed E-state index contributed by atoms with van der Waals surface area (Å²) in [4.78, 5) is 16.6. The highest BCUT2D eigenvalue weighted by Crippen LogP contribution is 2.29. The second-order valence-corrected chi connectivity index (χ2v) is 6.34. The van der Waals surface area contributed by atoms with E-state index in [1.54, 1.807) is 6.07 Å². The summed E-state index contributed by atoms with van der Waals surface area (Å²) >= 11 is 0. The molecule has 0 bridgehead atoms. The Labute approximate surface area is 168 Å². The van der Waals surface area contributed by atoms with Crippen molar-refractivity contribution < 1.29 is 14.1 Å². The minimum Gasteiger partial charge on any atom is -0.483 e. The van der Waals surface area contributed by atoms with E-state index in [1.807, 2.05) is 78.9 Å². The van der Waals surface area contributed by atoms with Crippen LogP contribution in [0, 0.1) is 0 Å². The van der Waals surface area contributed by atoms with E-state index in [9.17, 15) is 4.79 Å². The van der Waals surface area contributed by atoms with Crippen molar-refractivity contribution in [3.8, 4) is 28.6 Å².